The molecular formula is C19H20N2OS2. The van der Waals surface area contributed by atoms with Crippen LogP contribution >= 0.6 is 23.1 Å². The van der Waals surface area contributed by atoms with Gasteiger partial charge in [0, 0.05) is 12.3 Å². The average Bonchev–Trinajstić information content (AvgIpc) is 3.26. The van der Waals surface area contributed by atoms with Crippen molar-refractivity contribution in [2.24, 2.45) is 5.92 Å². The van der Waals surface area contributed by atoms with Crippen molar-refractivity contribution in [1.29, 1.82) is 0 Å². The average molecular weight is 357 g/mol. The molecule has 0 aliphatic heterocycles. The number of aromatic nitrogens is 2. The highest BCUT2D eigenvalue weighted by Crippen LogP contribution is 2.33. The van der Waals surface area contributed by atoms with Crippen molar-refractivity contribution in [2.75, 3.05) is 0 Å². The van der Waals surface area contributed by atoms with E-state index in [1.54, 1.807) is 11.8 Å². The predicted molar refractivity (Wildman–Crippen MR) is 102 cm³/mol. The summed E-state index contributed by atoms with van der Waals surface area (Å²) in [6.45, 7) is 5.07. The summed E-state index contributed by atoms with van der Waals surface area (Å²) in [5.74, 6) is 1.50. The van der Waals surface area contributed by atoms with Crippen molar-refractivity contribution in [1.82, 2.24) is 9.55 Å². The summed E-state index contributed by atoms with van der Waals surface area (Å²) in [4.78, 5) is 17.6. The van der Waals surface area contributed by atoms with Crippen molar-refractivity contribution in [3.8, 4) is 0 Å². The Morgan fingerprint density at radius 2 is 2.12 bits per heavy atom. The lowest BCUT2D eigenvalue weighted by Crippen LogP contribution is -2.23. The molecule has 1 aliphatic rings. The van der Waals surface area contributed by atoms with Gasteiger partial charge in [0.25, 0.3) is 5.56 Å². The van der Waals surface area contributed by atoms with Crippen LogP contribution in [0.15, 0.2) is 39.6 Å². The van der Waals surface area contributed by atoms with E-state index in [4.69, 9.17) is 4.98 Å². The van der Waals surface area contributed by atoms with Crippen LogP contribution in [0.4, 0.5) is 0 Å². The lowest BCUT2D eigenvalue weighted by molar-refractivity contribution is 0.549. The van der Waals surface area contributed by atoms with Crippen molar-refractivity contribution in [3.05, 3.63) is 56.7 Å². The molecule has 0 N–H and O–H groups in total. The summed E-state index contributed by atoms with van der Waals surface area (Å²) in [5, 5.41) is 2.82. The third-order valence-corrected chi connectivity index (χ3v) is 6.45. The molecule has 24 heavy (non-hydrogen) atoms. The standard InChI is InChI=1S/C19H20N2OS2/c1-12-3-4-13(2)15(9-12)11-24-19-20-16-7-8-23-17(16)18(22)21(19)10-14-5-6-14/h3-4,7-9,14H,5-6,10-11H2,1-2H3. The highest BCUT2D eigenvalue weighted by molar-refractivity contribution is 7.98. The SMILES string of the molecule is Cc1ccc(C)c(CSc2nc3ccsc3c(=O)n2CC2CC2)c1. The van der Waals surface area contributed by atoms with Crippen LogP contribution in [0.25, 0.3) is 10.2 Å². The van der Waals surface area contributed by atoms with Crippen molar-refractivity contribution >= 4 is 33.3 Å². The maximum absolute atomic E-state index is 12.8. The minimum atomic E-state index is 0.130. The van der Waals surface area contributed by atoms with Crippen LogP contribution in [0.1, 0.15) is 29.5 Å². The smallest absolute Gasteiger partial charge is 0.272 e. The first-order valence-electron chi connectivity index (χ1n) is 8.29. The van der Waals surface area contributed by atoms with E-state index < -0.39 is 0 Å². The zero-order chi connectivity index (χ0) is 16.7. The molecule has 2 heterocycles. The molecule has 1 fully saturated rings. The van der Waals surface area contributed by atoms with Gasteiger partial charge in [-0.3, -0.25) is 9.36 Å². The molecule has 1 aromatic carbocycles. The molecule has 3 nitrogen and oxygen atoms in total. The second-order valence-corrected chi connectivity index (χ2v) is 8.47. The fraction of sp³-hybridized carbons (Fsp3) is 0.368. The molecule has 0 bridgehead atoms. The Bertz CT molecular complexity index is 954. The lowest BCUT2D eigenvalue weighted by atomic mass is 10.1. The molecule has 4 rings (SSSR count). The fourth-order valence-electron chi connectivity index (χ4n) is 2.85. The predicted octanol–water partition coefficient (Wildman–Crippen LogP) is 4.78. The highest BCUT2D eigenvalue weighted by atomic mass is 32.2. The van der Waals surface area contributed by atoms with E-state index >= 15 is 0 Å². The Morgan fingerprint density at radius 3 is 2.92 bits per heavy atom. The number of aryl methyl sites for hydroxylation is 2. The fourth-order valence-corrected chi connectivity index (χ4v) is 4.70. The topological polar surface area (TPSA) is 34.9 Å². The molecule has 3 aromatic rings. The van der Waals surface area contributed by atoms with E-state index in [1.165, 1.54) is 40.9 Å². The van der Waals surface area contributed by atoms with Gasteiger partial charge in [-0.1, -0.05) is 35.5 Å². The summed E-state index contributed by atoms with van der Waals surface area (Å²) < 4.78 is 2.69. The van der Waals surface area contributed by atoms with E-state index in [-0.39, 0.29) is 5.56 Å². The van der Waals surface area contributed by atoms with Crippen molar-refractivity contribution in [2.45, 2.75) is 44.1 Å². The van der Waals surface area contributed by atoms with Gasteiger partial charge in [-0.05, 0) is 55.2 Å². The molecule has 0 radical (unpaired) electrons. The second kappa shape index (κ2) is 6.37. The number of hydrogen-bond donors (Lipinski definition) is 0. The van der Waals surface area contributed by atoms with Crippen LogP contribution < -0.4 is 5.56 Å². The summed E-state index contributed by atoms with van der Waals surface area (Å²) >= 11 is 3.18. The molecule has 2 aromatic heterocycles. The first kappa shape index (κ1) is 15.9. The first-order valence-corrected chi connectivity index (χ1v) is 10.2. The van der Waals surface area contributed by atoms with Crippen molar-refractivity contribution in [3.63, 3.8) is 0 Å². The van der Waals surface area contributed by atoms with E-state index in [1.807, 2.05) is 16.0 Å². The number of rotatable bonds is 5. The van der Waals surface area contributed by atoms with Crippen molar-refractivity contribution < 1.29 is 0 Å². The summed E-state index contributed by atoms with van der Waals surface area (Å²) in [7, 11) is 0. The lowest BCUT2D eigenvalue weighted by Gasteiger charge is -2.12. The van der Waals surface area contributed by atoms with Gasteiger partial charge in [0.05, 0.1) is 5.52 Å². The highest BCUT2D eigenvalue weighted by Gasteiger charge is 2.24. The monoisotopic (exact) mass is 356 g/mol. The number of nitrogens with zero attached hydrogens (tertiary/aromatic N) is 2. The summed E-state index contributed by atoms with van der Waals surface area (Å²) in [6, 6.07) is 8.49. The van der Waals surface area contributed by atoms with E-state index in [0.29, 0.717) is 5.92 Å². The molecule has 0 atom stereocenters. The van der Waals surface area contributed by atoms with Gasteiger partial charge in [-0.15, -0.1) is 11.3 Å². The van der Waals surface area contributed by atoms with E-state index in [9.17, 15) is 4.79 Å². The van der Waals surface area contributed by atoms with E-state index in [2.05, 4.69) is 32.0 Å². The number of thiophene rings is 1. The maximum Gasteiger partial charge on any atom is 0.272 e. The molecule has 1 aliphatic carbocycles. The largest absolute Gasteiger partial charge is 0.286 e. The zero-order valence-electron chi connectivity index (χ0n) is 13.9. The van der Waals surface area contributed by atoms with Crippen LogP contribution in [0.3, 0.4) is 0 Å². The van der Waals surface area contributed by atoms with Crippen LogP contribution in [-0.4, -0.2) is 9.55 Å². The third-order valence-electron chi connectivity index (χ3n) is 4.53. The van der Waals surface area contributed by atoms with Gasteiger partial charge in [0.15, 0.2) is 5.16 Å². The minimum Gasteiger partial charge on any atom is -0.286 e. The Kier molecular flexibility index (Phi) is 4.22. The molecule has 0 unspecified atom stereocenters. The molecule has 0 amide bonds. The maximum atomic E-state index is 12.8. The van der Waals surface area contributed by atoms with Gasteiger partial charge in [0.2, 0.25) is 0 Å². The Balaban J connectivity index is 1.69. The minimum absolute atomic E-state index is 0.130. The van der Waals surface area contributed by atoms with Crippen LogP contribution in [-0.2, 0) is 12.3 Å². The number of hydrogen-bond acceptors (Lipinski definition) is 4. The Labute approximate surface area is 149 Å². The van der Waals surface area contributed by atoms with Gasteiger partial charge < -0.3 is 0 Å². The number of thioether (sulfide) groups is 1. The molecule has 124 valence electrons. The summed E-state index contributed by atoms with van der Waals surface area (Å²) in [5.41, 5.74) is 4.84. The molecule has 0 saturated heterocycles. The quantitative estimate of drug-likeness (QED) is 0.487. The third kappa shape index (κ3) is 3.15. The van der Waals surface area contributed by atoms with Gasteiger partial charge in [-0.2, -0.15) is 0 Å². The Morgan fingerprint density at radius 1 is 1.29 bits per heavy atom. The summed E-state index contributed by atoms with van der Waals surface area (Å²) in [6.07, 6.45) is 2.46. The van der Waals surface area contributed by atoms with Gasteiger partial charge in [-0.25, -0.2) is 4.98 Å². The normalized spacial score (nSPS) is 14.4. The van der Waals surface area contributed by atoms with Crippen LogP contribution in [0.5, 0.6) is 0 Å². The van der Waals surface area contributed by atoms with Gasteiger partial charge >= 0.3 is 0 Å². The van der Waals surface area contributed by atoms with Gasteiger partial charge in [0.1, 0.15) is 4.70 Å². The van der Waals surface area contributed by atoms with Crippen LogP contribution in [0.2, 0.25) is 0 Å². The molecule has 0 spiro atoms. The zero-order valence-corrected chi connectivity index (χ0v) is 15.5. The molecular weight excluding hydrogens is 336 g/mol. The molecule has 1 saturated carbocycles. The number of fused-ring (bicyclic) bond motifs is 1. The van der Waals surface area contributed by atoms with Crippen LogP contribution in [0, 0.1) is 19.8 Å². The molecule has 5 heteroatoms. The first-order chi connectivity index (χ1) is 11.6. The Hall–Kier alpha value is -1.59. The number of benzene rings is 1. The second-order valence-electron chi connectivity index (χ2n) is 6.61. The van der Waals surface area contributed by atoms with E-state index in [0.717, 1.165) is 27.7 Å².